The van der Waals surface area contributed by atoms with Crippen LogP contribution in [0.3, 0.4) is 0 Å². The van der Waals surface area contributed by atoms with Gasteiger partial charge in [-0.1, -0.05) is 6.92 Å². The van der Waals surface area contributed by atoms with Crippen LogP contribution in [-0.2, 0) is 16.6 Å². The second kappa shape index (κ2) is 6.53. The molecular formula is C10H17N3O4S. The summed E-state index contributed by atoms with van der Waals surface area (Å²) in [6.07, 6.45) is 0. The number of nitrogens with two attached hydrogens (primary N) is 1. The molecule has 7 nitrogen and oxygen atoms in total. The molecule has 18 heavy (non-hydrogen) atoms. The predicted octanol–water partition coefficient (Wildman–Crippen LogP) is -0.593. The van der Waals surface area contributed by atoms with Crippen molar-refractivity contribution in [3.8, 4) is 0 Å². The molecule has 0 unspecified atom stereocenters. The summed E-state index contributed by atoms with van der Waals surface area (Å²) in [7, 11) is -3.32. The monoisotopic (exact) mass is 275 g/mol. The zero-order valence-electron chi connectivity index (χ0n) is 10.1. The highest BCUT2D eigenvalue weighted by atomic mass is 32.2. The Balaban J connectivity index is 2.42. The fourth-order valence-electron chi connectivity index (χ4n) is 1.29. The van der Waals surface area contributed by atoms with E-state index in [2.05, 4.69) is 10.0 Å². The van der Waals surface area contributed by atoms with Gasteiger partial charge in [0.15, 0.2) is 5.76 Å². The molecule has 0 saturated heterocycles. The predicted molar refractivity (Wildman–Crippen MR) is 66.4 cm³/mol. The smallest absolute Gasteiger partial charge is 0.287 e. The van der Waals surface area contributed by atoms with Crippen LogP contribution in [0.15, 0.2) is 16.5 Å². The molecule has 1 aromatic rings. The van der Waals surface area contributed by atoms with Crippen LogP contribution in [0.5, 0.6) is 0 Å². The Kier molecular flexibility index (Phi) is 5.32. The van der Waals surface area contributed by atoms with E-state index in [4.69, 9.17) is 10.2 Å². The fraction of sp³-hybridized carbons (Fsp3) is 0.500. The molecule has 1 rings (SSSR count). The van der Waals surface area contributed by atoms with Crippen molar-refractivity contribution in [2.45, 2.75) is 13.5 Å². The molecule has 0 atom stereocenters. The van der Waals surface area contributed by atoms with Crippen LogP contribution in [0.1, 0.15) is 23.2 Å². The highest BCUT2D eigenvalue weighted by Gasteiger charge is 2.12. The summed E-state index contributed by atoms with van der Waals surface area (Å²) < 4.78 is 30.0. The van der Waals surface area contributed by atoms with Gasteiger partial charge in [0.1, 0.15) is 5.76 Å². The first-order chi connectivity index (χ1) is 8.48. The van der Waals surface area contributed by atoms with Gasteiger partial charge in [0.05, 0.1) is 12.3 Å². The van der Waals surface area contributed by atoms with Crippen molar-refractivity contribution in [3.63, 3.8) is 0 Å². The maximum atomic E-state index is 11.6. The average Bonchev–Trinajstić information content (AvgIpc) is 2.77. The molecule has 1 heterocycles. The lowest BCUT2D eigenvalue weighted by molar-refractivity contribution is 0.0927. The summed E-state index contributed by atoms with van der Waals surface area (Å²) in [6, 6.07) is 3.10. The third kappa shape index (κ3) is 4.47. The second-order valence-electron chi connectivity index (χ2n) is 3.54. The molecule has 0 aliphatic heterocycles. The molecular weight excluding hydrogens is 258 g/mol. The molecule has 0 spiro atoms. The van der Waals surface area contributed by atoms with Gasteiger partial charge < -0.3 is 15.5 Å². The molecule has 0 fully saturated rings. The first-order valence-electron chi connectivity index (χ1n) is 5.53. The molecule has 0 saturated carbocycles. The van der Waals surface area contributed by atoms with Crippen LogP contribution in [0, 0.1) is 0 Å². The van der Waals surface area contributed by atoms with Gasteiger partial charge in [-0.3, -0.25) is 4.79 Å². The number of carbonyl (C=O) groups is 1. The van der Waals surface area contributed by atoms with E-state index in [0.29, 0.717) is 12.3 Å². The Morgan fingerprint density at radius 3 is 2.72 bits per heavy atom. The summed E-state index contributed by atoms with van der Waals surface area (Å²) in [5, 5.41) is 2.46. The number of furan rings is 1. The quantitative estimate of drug-likeness (QED) is 0.615. The minimum Gasteiger partial charge on any atom is -0.455 e. The molecule has 4 N–H and O–H groups in total. The number of nitrogens with one attached hydrogen (secondary N) is 2. The summed E-state index contributed by atoms with van der Waals surface area (Å²) in [5.74, 6) is -0.00468. The maximum Gasteiger partial charge on any atom is 0.287 e. The molecule has 0 aliphatic carbocycles. The van der Waals surface area contributed by atoms with Crippen LogP contribution >= 0.6 is 0 Å². The summed E-state index contributed by atoms with van der Waals surface area (Å²) in [6.45, 7) is 2.25. The molecule has 1 amide bonds. The van der Waals surface area contributed by atoms with Gasteiger partial charge in [0.2, 0.25) is 10.0 Å². The zero-order chi connectivity index (χ0) is 13.6. The molecule has 1 aromatic heterocycles. The zero-order valence-corrected chi connectivity index (χ0v) is 10.9. The van der Waals surface area contributed by atoms with E-state index < -0.39 is 15.9 Å². The standard InChI is InChI=1S/C10H17N3O4S/c1-2-13-18(15,16)6-5-12-10(14)9-4-3-8(7-11)17-9/h3-4,13H,2,5-7,11H2,1H3,(H,12,14). The van der Waals surface area contributed by atoms with E-state index in [0.717, 1.165) is 0 Å². The van der Waals surface area contributed by atoms with Gasteiger partial charge in [-0.15, -0.1) is 0 Å². The third-order valence-corrected chi connectivity index (χ3v) is 3.58. The van der Waals surface area contributed by atoms with Gasteiger partial charge in [0.25, 0.3) is 5.91 Å². The highest BCUT2D eigenvalue weighted by molar-refractivity contribution is 7.89. The number of hydrogen-bond acceptors (Lipinski definition) is 5. The van der Waals surface area contributed by atoms with Gasteiger partial charge >= 0.3 is 0 Å². The Hall–Kier alpha value is -1.38. The number of amides is 1. The van der Waals surface area contributed by atoms with Gasteiger partial charge in [-0.05, 0) is 12.1 Å². The van der Waals surface area contributed by atoms with Crippen molar-refractivity contribution in [2.24, 2.45) is 5.73 Å². The normalized spacial score (nSPS) is 11.4. The molecule has 8 heteroatoms. The van der Waals surface area contributed by atoms with E-state index in [1.165, 1.54) is 6.07 Å². The van der Waals surface area contributed by atoms with Crippen LogP contribution < -0.4 is 15.8 Å². The van der Waals surface area contributed by atoms with Crippen LogP contribution in [0.4, 0.5) is 0 Å². The van der Waals surface area contributed by atoms with Crippen LogP contribution in [-0.4, -0.2) is 33.2 Å². The average molecular weight is 275 g/mol. The van der Waals surface area contributed by atoms with Crippen molar-refractivity contribution in [1.29, 1.82) is 0 Å². The van der Waals surface area contributed by atoms with E-state index >= 15 is 0 Å². The van der Waals surface area contributed by atoms with Gasteiger partial charge in [-0.2, -0.15) is 0 Å². The molecule has 0 bridgehead atoms. The van der Waals surface area contributed by atoms with Gasteiger partial charge in [-0.25, -0.2) is 13.1 Å². The minimum atomic E-state index is -3.32. The Labute approximate surface area is 106 Å². The van der Waals surface area contributed by atoms with Gasteiger partial charge in [0, 0.05) is 13.1 Å². The summed E-state index contributed by atoms with van der Waals surface area (Å²) in [4.78, 5) is 11.6. The summed E-state index contributed by atoms with van der Waals surface area (Å²) >= 11 is 0. The van der Waals surface area contributed by atoms with E-state index in [9.17, 15) is 13.2 Å². The largest absolute Gasteiger partial charge is 0.455 e. The number of rotatable bonds is 7. The first-order valence-corrected chi connectivity index (χ1v) is 7.18. The number of sulfonamides is 1. The fourth-order valence-corrected chi connectivity index (χ4v) is 2.24. The van der Waals surface area contributed by atoms with Crippen molar-refractivity contribution >= 4 is 15.9 Å². The van der Waals surface area contributed by atoms with E-state index in [1.807, 2.05) is 0 Å². The highest BCUT2D eigenvalue weighted by Crippen LogP contribution is 2.06. The lowest BCUT2D eigenvalue weighted by Crippen LogP contribution is -2.34. The van der Waals surface area contributed by atoms with E-state index in [-0.39, 0.29) is 24.6 Å². The lowest BCUT2D eigenvalue weighted by Gasteiger charge is -2.05. The van der Waals surface area contributed by atoms with Crippen LogP contribution in [0.2, 0.25) is 0 Å². The first kappa shape index (κ1) is 14.7. The van der Waals surface area contributed by atoms with Crippen molar-refractivity contribution in [3.05, 3.63) is 23.7 Å². The SMILES string of the molecule is CCNS(=O)(=O)CCNC(=O)c1ccc(CN)o1. The maximum absolute atomic E-state index is 11.6. The van der Waals surface area contributed by atoms with E-state index in [1.54, 1.807) is 13.0 Å². The van der Waals surface area contributed by atoms with Crippen molar-refractivity contribution in [1.82, 2.24) is 10.0 Å². The van der Waals surface area contributed by atoms with Crippen molar-refractivity contribution < 1.29 is 17.6 Å². The Bertz CT molecular complexity index is 495. The van der Waals surface area contributed by atoms with Crippen molar-refractivity contribution in [2.75, 3.05) is 18.8 Å². The number of hydrogen-bond donors (Lipinski definition) is 3. The number of carbonyl (C=O) groups excluding carboxylic acids is 1. The molecule has 0 radical (unpaired) electrons. The van der Waals surface area contributed by atoms with Crippen LogP contribution in [0.25, 0.3) is 0 Å². The Morgan fingerprint density at radius 1 is 1.44 bits per heavy atom. The molecule has 102 valence electrons. The summed E-state index contributed by atoms with van der Waals surface area (Å²) in [5.41, 5.74) is 5.34. The second-order valence-corrected chi connectivity index (χ2v) is 5.47. The molecule has 0 aromatic carbocycles. The molecule has 0 aliphatic rings. The third-order valence-electron chi connectivity index (χ3n) is 2.11. The topological polar surface area (TPSA) is 114 Å². The Morgan fingerprint density at radius 2 is 2.17 bits per heavy atom. The lowest BCUT2D eigenvalue weighted by atomic mass is 10.4. The minimum absolute atomic E-state index is 0.0207.